The average Bonchev–Trinajstić information content (AvgIpc) is 2.26. The molecule has 5 heteroatoms. The van der Waals surface area contributed by atoms with Gasteiger partial charge in [0.25, 0.3) is 0 Å². The highest BCUT2D eigenvalue weighted by atomic mass is 16.5. The second-order valence-corrected chi connectivity index (χ2v) is 2.74. The van der Waals surface area contributed by atoms with Gasteiger partial charge in [-0.25, -0.2) is 0 Å². The van der Waals surface area contributed by atoms with E-state index in [0.717, 1.165) is 0 Å². The van der Waals surface area contributed by atoms with Crippen molar-refractivity contribution < 1.29 is 14.3 Å². The number of nitrogens with zero attached hydrogens (tertiary/aromatic N) is 1. The summed E-state index contributed by atoms with van der Waals surface area (Å²) in [4.78, 5) is 21.6. The zero-order valence-electron chi connectivity index (χ0n) is 7.98. The third-order valence-electron chi connectivity index (χ3n) is 1.85. The van der Waals surface area contributed by atoms with Crippen LogP contribution in [-0.2, 0) is 0 Å². The van der Waals surface area contributed by atoms with Crippen LogP contribution in [0.15, 0.2) is 12.1 Å². The van der Waals surface area contributed by atoms with Crippen LogP contribution in [0.3, 0.4) is 0 Å². The van der Waals surface area contributed by atoms with Crippen molar-refractivity contribution in [3.63, 3.8) is 0 Å². The molecule has 15 heavy (non-hydrogen) atoms. The number of benzene rings is 1. The largest absolute Gasteiger partial charge is 0.495 e. The smallest absolute Gasteiger partial charge is 0.248 e. The van der Waals surface area contributed by atoms with Gasteiger partial charge < -0.3 is 10.5 Å². The molecular formula is C10H8N2O3. The number of hydrogen-bond donors (Lipinski definition) is 1. The van der Waals surface area contributed by atoms with E-state index in [1.54, 1.807) is 0 Å². The lowest BCUT2D eigenvalue weighted by Crippen LogP contribution is -2.12. The van der Waals surface area contributed by atoms with Gasteiger partial charge in [0.1, 0.15) is 11.8 Å². The Morgan fingerprint density at radius 3 is 2.67 bits per heavy atom. The van der Waals surface area contributed by atoms with E-state index < -0.39 is 5.91 Å². The number of aldehydes is 1. The first kappa shape index (κ1) is 10.7. The van der Waals surface area contributed by atoms with E-state index in [-0.39, 0.29) is 22.4 Å². The highest BCUT2D eigenvalue weighted by molar-refractivity contribution is 5.96. The molecule has 0 spiro atoms. The van der Waals surface area contributed by atoms with E-state index in [9.17, 15) is 9.59 Å². The number of nitrogens with two attached hydrogens (primary N) is 1. The molecule has 0 saturated heterocycles. The number of methoxy groups -OCH3 is 1. The lowest BCUT2D eigenvalue weighted by molar-refractivity contribution is 0.1000. The lowest BCUT2D eigenvalue weighted by Gasteiger charge is -2.06. The first-order valence-corrected chi connectivity index (χ1v) is 4.01. The van der Waals surface area contributed by atoms with Crippen molar-refractivity contribution in [3.8, 4) is 11.8 Å². The Labute approximate surface area is 86.1 Å². The highest BCUT2D eigenvalue weighted by Gasteiger charge is 2.13. The monoisotopic (exact) mass is 204 g/mol. The number of rotatable bonds is 3. The first-order chi connectivity index (χ1) is 7.13. The molecule has 0 unspecified atom stereocenters. The molecule has 1 rings (SSSR count). The van der Waals surface area contributed by atoms with E-state index in [2.05, 4.69) is 0 Å². The number of primary amides is 1. The summed E-state index contributed by atoms with van der Waals surface area (Å²) in [7, 11) is 1.34. The van der Waals surface area contributed by atoms with Crippen molar-refractivity contribution in [3.05, 3.63) is 28.8 Å². The van der Waals surface area contributed by atoms with E-state index >= 15 is 0 Å². The zero-order chi connectivity index (χ0) is 11.4. The molecule has 0 saturated carbocycles. The average molecular weight is 204 g/mol. The predicted molar refractivity (Wildman–Crippen MR) is 51.6 cm³/mol. The molecule has 0 aliphatic rings. The molecule has 0 aliphatic heterocycles. The van der Waals surface area contributed by atoms with Crippen molar-refractivity contribution >= 4 is 12.2 Å². The van der Waals surface area contributed by atoms with Crippen LogP contribution in [-0.4, -0.2) is 19.3 Å². The Morgan fingerprint density at radius 1 is 1.60 bits per heavy atom. The fourth-order valence-corrected chi connectivity index (χ4v) is 1.19. The van der Waals surface area contributed by atoms with Crippen LogP contribution in [0.4, 0.5) is 0 Å². The molecule has 2 N–H and O–H groups in total. The van der Waals surface area contributed by atoms with Crippen LogP contribution in [0.25, 0.3) is 0 Å². The fraction of sp³-hybridized carbons (Fsp3) is 0.100. The van der Waals surface area contributed by atoms with Gasteiger partial charge in [0, 0.05) is 5.56 Å². The van der Waals surface area contributed by atoms with Gasteiger partial charge in [-0.1, -0.05) is 0 Å². The Hall–Kier alpha value is -2.35. The maximum absolute atomic E-state index is 10.9. The van der Waals surface area contributed by atoms with Gasteiger partial charge in [0.15, 0.2) is 6.29 Å². The molecule has 1 aromatic rings. The van der Waals surface area contributed by atoms with Gasteiger partial charge in [-0.15, -0.1) is 0 Å². The molecular weight excluding hydrogens is 196 g/mol. The number of nitriles is 1. The van der Waals surface area contributed by atoms with Gasteiger partial charge >= 0.3 is 0 Å². The molecule has 1 amide bonds. The summed E-state index contributed by atoms with van der Waals surface area (Å²) in [5.74, 6) is -0.547. The zero-order valence-corrected chi connectivity index (χ0v) is 7.98. The number of carbonyl (C=O) groups excluding carboxylic acids is 2. The molecule has 0 aliphatic carbocycles. The summed E-state index contributed by atoms with van der Waals surface area (Å²) in [6, 6.07) is 4.40. The summed E-state index contributed by atoms with van der Waals surface area (Å²) in [5.41, 5.74) is 5.39. The summed E-state index contributed by atoms with van der Waals surface area (Å²) < 4.78 is 4.89. The van der Waals surface area contributed by atoms with E-state index in [4.69, 9.17) is 15.7 Å². The maximum atomic E-state index is 10.9. The number of hydrogen-bond acceptors (Lipinski definition) is 4. The molecule has 5 nitrogen and oxygen atoms in total. The molecule has 0 heterocycles. The molecule has 0 fully saturated rings. The SMILES string of the molecule is COc1c(C#N)cc(C(N)=O)cc1C=O. The van der Waals surface area contributed by atoms with Crippen LogP contribution in [0, 0.1) is 11.3 Å². The summed E-state index contributed by atoms with van der Waals surface area (Å²) in [5, 5.41) is 8.78. The standard InChI is InChI=1S/C10H8N2O3/c1-15-9-7(4-11)2-6(10(12)14)3-8(9)5-13/h2-3,5H,1H3,(H2,12,14). The quantitative estimate of drug-likeness (QED) is 0.724. The molecule has 1 aromatic carbocycles. The van der Waals surface area contributed by atoms with Crippen LogP contribution in [0.1, 0.15) is 26.3 Å². The summed E-state index contributed by atoms with van der Waals surface area (Å²) in [6.07, 6.45) is 0.506. The van der Waals surface area contributed by atoms with Crippen molar-refractivity contribution in [1.29, 1.82) is 5.26 Å². The van der Waals surface area contributed by atoms with Gasteiger partial charge in [0.05, 0.1) is 18.2 Å². The van der Waals surface area contributed by atoms with Crippen molar-refractivity contribution in [2.75, 3.05) is 7.11 Å². The Balaban J connectivity index is 3.51. The Bertz CT molecular complexity index is 460. The minimum absolute atomic E-state index is 0.106. The highest BCUT2D eigenvalue weighted by Crippen LogP contribution is 2.23. The molecule has 0 aromatic heterocycles. The topological polar surface area (TPSA) is 93.2 Å². The van der Waals surface area contributed by atoms with E-state index in [1.165, 1.54) is 19.2 Å². The lowest BCUT2D eigenvalue weighted by atomic mass is 10.0. The molecule has 0 bridgehead atoms. The van der Waals surface area contributed by atoms with E-state index in [0.29, 0.717) is 6.29 Å². The Kier molecular flexibility index (Phi) is 3.03. The van der Waals surface area contributed by atoms with Gasteiger partial charge in [-0.3, -0.25) is 9.59 Å². The second kappa shape index (κ2) is 4.24. The fourth-order valence-electron chi connectivity index (χ4n) is 1.19. The van der Waals surface area contributed by atoms with Crippen LogP contribution in [0.5, 0.6) is 5.75 Å². The number of ether oxygens (including phenoxy) is 1. The molecule has 76 valence electrons. The first-order valence-electron chi connectivity index (χ1n) is 4.01. The third kappa shape index (κ3) is 1.94. The molecule has 0 radical (unpaired) electrons. The van der Waals surface area contributed by atoms with Gasteiger partial charge in [-0.2, -0.15) is 5.26 Å². The summed E-state index contributed by atoms with van der Waals surface area (Å²) in [6.45, 7) is 0. The normalized spacial score (nSPS) is 9.07. The van der Waals surface area contributed by atoms with Crippen LogP contribution in [0.2, 0.25) is 0 Å². The predicted octanol–water partition coefficient (Wildman–Crippen LogP) is 0.478. The van der Waals surface area contributed by atoms with E-state index in [1.807, 2.05) is 6.07 Å². The van der Waals surface area contributed by atoms with Crippen molar-refractivity contribution in [2.24, 2.45) is 5.73 Å². The van der Waals surface area contributed by atoms with Gasteiger partial charge in [0.2, 0.25) is 5.91 Å². The minimum atomic E-state index is -0.697. The third-order valence-corrected chi connectivity index (χ3v) is 1.85. The number of amides is 1. The van der Waals surface area contributed by atoms with Crippen molar-refractivity contribution in [2.45, 2.75) is 0 Å². The van der Waals surface area contributed by atoms with Gasteiger partial charge in [-0.05, 0) is 12.1 Å². The summed E-state index contributed by atoms with van der Waals surface area (Å²) >= 11 is 0. The minimum Gasteiger partial charge on any atom is -0.495 e. The van der Waals surface area contributed by atoms with Crippen LogP contribution >= 0.6 is 0 Å². The van der Waals surface area contributed by atoms with Crippen LogP contribution < -0.4 is 10.5 Å². The maximum Gasteiger partial charge on any atom is 0.248 e. The molecule has 0 atom stereocenters. The number of carbonyl (C=O) groups is 2. The Morgan fingerprint density at radius 2 is 2.27 bits per heavy atom. The second-order valence-electron chi connectivity index (χ2n) is 2.74. The van der Waals surface area contributed by atoms with Crippen molar-refractivity contribution in [1.82, 2.24) is 0 Å².